The SMILES string of the molecule is Cc1cc(/C=C(/C#N)C(=O)NC(C)CCN(C)C)c(C)n1CCC(C)C. The molecule has 0 aliphatic rings. The second kappa shape index (κ2) is 10.2. The molecule has 0 spiro atoms. The molecule has 0 saturated carbocycles. The average Bonchev–Trinajstić information content (AvgIpc) is 2.82. The first-order valence-corrected chi connectivity index (χ1v) is 9.39. The van der Waals surface area contributed by atoms with E-state index < -0.39 is 0 Å². The summed E-state index contributed by atoms with van der Waals surface area (Å²) in [7, 11) is 4.01. The molecule has 0 aliphatic heterocycles. The normalized spacial score (nSPS) is 13.2. The molecule has 1 rings (SSSR count). The van der Waals surface area contributed by atoms with Gasteiger partial charge in [0.25, 0.3) is 5.91 Å². The van der Waals surface area contributed by atoms with E-state index in [1.54, 1.807) is 6.08 Å². The Morgan fingerprint density at radius 1 is 1.31 bits per heavy atom. The maximum absolute atomic E-state index is 12.4. The lowest BCUT2D eigenvalue weighted by molar-refractivity contribution is -0.117. The summed E-state index contributed by atoms with van der Waals surface area (Å²) in [6, 6.07) is 4.14. The van der Waals surface area contributed by atoms with Crippen LogP contribution >= 0.6 is 0 Å². The van der Waals surface area contributed by atoms with Gasteiger partial charge in [-0.05, 0) is 77.9 Å². The van der Waals surface area contributed by atoms with Gasteiger partial charge in [0.05, 0.1) is 0 Å². The van der Waals surface area contributed by atoms with Crippen molar-refractivity contribution in [1.82, 2.24) is 14.8 Å². The number of carbonyl (C=O) groups is 1. The predicted molar refractivity (Wildman–Crippen MR) is 108 cm³/mol. The number of nitriles is 1. The number of nitrogens with zero attached hydrogens (tertiary/aromatic N) is 3. The lowest BCUT2D eigenvalue weighted by atomic mass is 10.1. The van der Waals surface area contributed by atoms with E-state index in [0.29, 0.717) is 5.92 Å². The Bertz CT molecular complexity index is 677. The van der Waals surface area contributed by atoms with E-state index in [2.05, 4.69) is 47.7 Å². The van der Waals surface area contributed by atoms with E-state index >= 15 is 0 Å². The van der Waals surface area contributed by atoms with Crippen LogP contribution in [0.25, 0.3) is 6.08 Å². The van der Waals surface area contributed by atoms with Crippen LogP contribution in [0.4, 0.5) is 0 Å². The molecule has 0 saturated heterocycles. The van der Waals surface area contributed by atoms with Gasteiger partial charge in [0.1, 0.15) is 11.6 Å². The third kappa shape index (κ3) is 6.68. The van der Waals surface area contributed by atoms with Crippen molar-refractivity contribution >= 4 is 12.0 Å². The number of carbonyl (C=O) groups excluding carboxylic acids is 1. The standard InChI is InChI=1S/C21H34N4O/c1-15(2)8-11-25-17(4)12-19(18(25)5)13-20(14-22)21(26)23-16(3)9-10-24(6)7/h12-13,15-16H,8-11H2,1-7H3,(H,23,26)/b20-13-. The molecular weight excluding hydrogens is 324 g/mol. The molecule has 1 N–H and O–H groups in total. The smallest absolute Gasteiger partial charge is 0.262 e. The fraction of sp³-hybridized carbons (Fsp3) is 0.619. The van der Waals surface area contributed by atoms with Gasteiger partial charge in [-0.2, -0.15) is 5.26 Å². The molecule has 1 aromatic rings. The van der Waals surface area contributed by atoms with Crippen LogP contribution in [0.2, 0.25) is 0 Å². The maximum Gasteiger partial charge on any atom is 0.262 e. The molecule has 5 heteroatoms. The number of rotatable bonds is 9. The molecule has 0 aliphatic carbocycles. The first kappa shape index (κ1) is 22.0. The molecule has 1 heterocycles. The first-order valence-electron chi connectivity index (χ1n) is 9.39. The summed E-state index contributed by atoms with van der Waals surface area (Å²) in [4.78, 5) is 14.5. The van der Waals surface area contributed by atoms with Crippen LogP contribution in [0.1, 0.15) is 50.6 Å². The summed E-state index contributed by atoms with van der Waals surface area (Å²) in [5.41, 5.74) is 3.36. The van der Waals surface area contributed by atoms with Crippen LogP contribution in [0.5, 0.6) is 0 Å². The van der Waals surface area contributed by atoms with E-state index in [4.69, 9.17) is 0 Å². The Morgan fingerprint density at radius 3 is 2.50 bits per heavy atom. The minimum atomic E-state index is -0.300. The van der Waals surface area contributed by atoms with E-state index in [0.717, 1.165) is 42.9 Å². The summed E-state index contributed by atoms with van der Waals surface area (Å²) >= 11 is 0. The van der Waals surface area contributed by atoms with Crippen LogP contribution in [0.15, 0.2) is 11.6 Å². The van der Waals surface area contributed by atoms with Crippen LogP contribution in [-0.4, -0.2) is 42.1 Å². The maximum atomic E-state index is 12.4. The van der Waals surface area contributed by atoms with Crippen LogP contribution in [0.3, 0.4) is 0 Å². The molecule has 0 bridgehead atoms. The van der Waals surface area contributed by atoms with E-state index in [1.807, 2.05) is 27.9 Å². The summed E-state index contributed by atoms with van der Waals surface area (Å²) < 4.78 is 2.26. The van der Waals surface area contributed by atoms with E-state index in [-0.39, 0.29) is 17.5 Å². The fourth-order valence-electron chi connectivity index (χ4n) is 2.83. The van der Waals surface area contributed by atoms with Crippen molar-refractivity contribution in [3.8, 4) is 6.07 Å². The highest BCUT2D eigenvalue weighted by Crippen LogP contribution is 2.20. The number of hydrogen-bond donors (Lipinski definition) is 1. The van der Waals surface area contributed by atoms with Crippen molar-refractivity contribution in [2.45, 2.75) is 60.0 Å². The van der Waals surface area contributed by atoms with Crippen LogP contribution in [-0.2, 0) is 11.3 Å². The van der Waals surface area contributed by atoms with Crippen LogP contribution in [0, 0.1) is 31.1 Å². The Hall–Kier alpha value is -2.06. The minimum absolute atomic E-state index is 0.0279. The topological polar surface area (TPSA) is 61.1 Å². The summed E-state index contributed by atoms with van der Waals surface area (Å²) in [6.45, 7) is 12.4. The van der Waals surface area contributed by atoms with Gasteiger partial charge in [0.2, 0.25) is 0 Å². The van der Waals surface area contributed by atoms with E-state index in [1.165, 1.54) is 0 Å². The van der Waals surface area contributed by atoms with Gasteiger partial charge in [0.15, 0.2) is 0 Å². The lowest BCUT2D eigenvalue weighted by Crippen LogP contribution is -2.35. The van der Waals surface area contributed by atoms with Crippen LogP contribution < -0.4 is 5.32 Å². The number of nitrogens with one attached hydrogen (secondary N) is 1. The summed E-state index contributed by atoms with van der Waals surface area (Å²) in [6.07, 6.45) is 3.66. The second-order valence-corrected chi connectivity index (χ2v) is 7.80. The molecule has 5 nitrogen and oxygen atoms in total. The van der Waals surface area contributed by atoms with Crippen molar-refractivity contribution in [1.29, 1.82) is 5.26 Å². The van der Waals surface area contributed by atoms with Gasteiger partial charge >= 0.3 is 0 Å². The second-order valence-electron chi connectivity index (χ2n) is 7.80. The number of hydrogen-bond acceptors (Lipinski definition) is 3. The van der Waals surface area contributed by atoms with Gasteiger partial charge in [-0.25, -0.2) is 0 Å². The molecule has 144 valence electrons. The van der Waals surface area contributed by atoms with Gasteiger partial charge in [0, 0.05) is 24.0 Å². The molecule has 26 heavy (non-hydrogen) atoms. The highest BCUT2D eigenvalue weighted by Gasteiger charge is 2.15. The highest BCUT2D eigenvalue weighted by atomic mass is 16.1. The molecular formula is C21H34N4O. The molecule has 0 aromatic carbocycles. The number of amides is 1. The van der Waals surface area contributed by atoms with Crippen molar-refractivity contribution < 1.29 is 4.79 Å². The molecule has 0 radical (unpaired) electrons. The zero-order valence-corrected chi connectivity index (χ0v) is 17.4. The zero-order chi connectivity index (χ0) is 19.9. The minimum Gasteiger partial charge on any atom is -0.349 e. The summed E-state index contributed by atoms with van der Waals surface area (Å²) in [5, 5.41) is 12.4. The first-order chi connectivity index (χ1) is 12.1. The van der Waals surface area contributed by atoms with Crippen molar-refractivity contribution in [2.75, 3.05) is 20.6 Å². The number of aromatic nitrogens is 1. The molecule has 1 atom stereocenters. The number of aryl methyl sites for hydroxylation is 1. The Morgan fingerprint density at radius 2 is 1.96 bits per heavy atom. The van der Waals surface area contributed by atoms with E-state index in [9.17, 15) is 10.1 Å². The predicted octanol–water partition coefficient (Wildman–Crippen LogP) is 3.51. The molecule has 1 unspecified atom stereocenters. The Balaban J connectivity index is 2.90. The van der Waals surface area contributed by atoms with Gasteiger partial charge in [-0.15, -0.1) is 0 Å². The largest absolute Gasteiger partial charge is 0.349 e. The van der Waals surface area contributed by atoms with Crippen molar-refractivity contribution in [2.24, 2.45) is 5.92 Å². The van der Waals surface area contributed by atoms with Gasteiger partial charge in [-0.1, -0.05) is 13.8 Å². The Labute approximate surface area is 158 Å². The van der Waals surface area contributed by atoms with Gasteiger partial charge < -0.3 is 14.8 Å². The molecule has 1 amide bonds. The third-order valence-corrected chi connectivity index (χ3v) is 4.59. The lowest BCUT2D eigenvalue weighted by Gasteiger charge is -2.16. The molecule has 0 fully saturated rings. The summed E-state index contributed by atoms with van der Waals surface area (Å²) in [5.74, 6) is 0.338. The quantitative estimate of drug-likeness (QED) is 0.543. The zero-order valence-electron chi connectivity index (χ0n) is 17.4. The highest BCUT2D eigenvalue weighted by molar-refractivity contribution is 6.01. The van der Waals surface area contributed by atoms with Gasteiger partial charge in [-0.3, -0.25) is 4.79 Å². The molecule has 1 aromatic heterocycles. The van der Waals surface area contributed by atoms with Crippen molar-refractivity contribution in [3.05, 3.63) is 28.6 Å². The fourth-order valence-corrected chi connectivity index (χ4v) is 2.83. The Kier molecular flexibility index (Phi) is 8.60. The monoisotopic (exact) mass is 358 g/mol. The van der Waals surface area contributed by atoms with Crippen molar-refractivity contribution in [3.63, 3.8) is 0 Å². The third-order valence-electron chi connectivity index (χ3n) is 4.59. The average molecular weight is 359 g/mol.